The Morgan fingerprint density at radius 2 is 1.79 bits per heavy atom. The fourth-order valence-electron chi connectivity index (χ4n) is 2.91. The molecule has 0 saturated carbocycles. The first-order valence-electron chi connectivity index (χ1n) is 7.70. The second-order valence-corrected chi connectivity index (χ2v) is 5.67. The van der Waals surface area contributed by atoms with Gasteiger partial charge in [0.1, 0.15) is 0 Å². The first-order valence-corrected chi connectivity index (χ1v) is 7.70. The van der Waals surface area contributed by atoms with Gasteiger partial charge in [0.25, 0.3) is 5.91 Å². The molecule has 24 heavy (non-hydrogen) atoms. The maximum atomic E-state index is 12.6. The lowest BCUT2D eigenvalue weighted by atomic mass is 10.1. The van der Waals surface area contributed by atoms with Gasteiger partial charge in [-0.15, -0.1) is 0 Å². The van der Waals surface area contributed by atoms with E-state index in [4.69, 9.17) is 0 Å². The summed E-state index contributed by atoms with van der Waals surface area (Å²) in [5.41, 5.74) is 2.91. The summed E-state index contributed by atoms with van der Waals surface area (Å²) in [7, 11) is 0. The molecule has 0 radical (unpaired) electrons. The number of carbonyl (C=O) groups excluding carboxylic acids is 2. The van der Waals surface area contributed by atoms with Crippen LogP contribution in [0, 0.1) is 0 Å². The van der Waals surface area contributed by atoms with E-state index in [0.29, 0.717) is 11.3 Å². The number of aromatic nitrogens is 1. The van der Waals surface area contributed by atoms with Gasteiger partial charge in [0.15, 0.2) is 0 Å². The molecule has 3 aromatic rings. The van der Waals surface area contributed by atoms with Crippen molar-refractivity contribution in [3.63, 3.8) is 0 Å². The Hall–Kier alpha value is -3.27. The van der Waals surface area contributed by atoms with Crippen LogP contribution in [-0.4, -0.2) is 16.8 Å². The minimum Gasteiger partial charge on any atom is -0.274 e. The molecule has 0 unspecified atom stereocenters. The quantitative estimate of drug-likeness (QED) is 0.536. The minimum absolute atomic E-state index is 0.124. The van der Waals surface area contributed by atoms with Crippen LogP contribution in [0.1, 0.15) is 12.0 Å². The van der Waals surface area contributed by atoms with E-state index in [0.717, 1.165) is 16.5 Å². The molecular weight excluding hydrogens is 300 g/mol. The summed E-state index contributed by atoms with van der Waals surface area (Å²) >= 11 is 0. The van der Waals surface area contributed by atoms with E-state index in [1.54, 1.807) is 24.4 Å². The van der Waals surface area contributed by atoms with Crippen LogP contribution in [0.25, 0.3) is 17.0 Å². The van der Waals surface area contributed by atoms with Crippen LogP contribution < -0.4 is 4.90 Å². The SMILES string of the molecule is O=C1C/C(=C\c2ccc3ncccc3c2)C(=O)N1c1ccccc1. The van der Waals surface area contributed by atoms with E-state index in [9.17, 15) is 9.59 Å². The van der Waals surface area contributed by atoms with Gasteiger partial charge >= 0.3 is 0 Å². The molecule has 0 N–H and O–H groups in total. The van der Waals surface area contributed by atoms with Crippen molar-refractivity contribution in [3.8, 4) is 0 Å². The smallest absolute Gasteiger partial charge is 0.261 e. The van der Waals surface area contributed by atoms with Gasteiger partial charge in [0, 0.05) is 17.2 Å². The maximum absolute atomic E-state index is 12.6. The van der Waals surface area contributed by atoms with Crippen molar-refractivity contribution in [2.45, 2.75) is 6.42 Å². The summed E-state index contributed by atoms with van der Waals surface area (Å²) in [4.78, 5) is 30.4. The first-order chi connectivity index (χ1) is 11.7. The largest absolute Gasteiger partial charge is 0.274 e. The average Bonchev–Trinajstić information content (AvgIpc) is 2.89. The van der Waals surface area contributed by atoms with Gasteiger partial charge in [0.2, 0.25) is 5.91 Å². The highest BCUT2D eigenvalue weighted by atomic mass is 16.2. The Balaban J connectivity index is 1.70. The van der Waals surface area contributed by atoms with Crippen LogP contribution in [0.4, 0.5) is 5.69 Å². The lowest BCUT2D eigenvalue weighted by molar-refractivity contribution is -0.120. The van der Waals surface area contributed by atoms with Crippen molar-refractivity contribution in [2.75, 3.05) is 4.90 Å². The third-order valence-electron chi connectivity index (χ3n) is 4.05. The van der Waals surface area contributed by atoms with Crippen molar-refractivity contribution in [2.24, 2.45) is 0 Å². The Morgan fingerprint density at radius 3 is 2.62 bits per heavy atom. The number of rotatable bonds is 2. The van der Waals surface area contributed by atoms with Gasteiger partial charge in [-0.25, -0.2) is 4.90 Å². The molecule has 1 saturated heterocycles. The second kappa shape index (κ2) is 5.74. The highest BCUT2D eigenvalue weighted by Crippen LogP contribution is 2.27. The van der Waals surface area contributed by atoms with E-state index in [2.05, 4.69) is 4.98 Å². The zero-order chi connectivity index (χ0) is 16.5. The molecule has 2 heterocycles. The van der Waals surface area contributed by atoms with Crippen molar-refractivity contribution < 1.29 is 9.59 Å². The number of anilines is 1. The predicted octanol–water partition coefficient (Wildman–Crippen LogP) is 3.58. The van der Waals surface area contributed by atoms with Gasteiger partial charge in [-0.05, 0) is 42.0 Å². The molecule has 4 nitrogen and oxygen atoms in total. The van der Waals surface area contributed by atoms with E-state index in [-0.39, 0.29) is 18.2 Å². The highest BCUT2D eigenvalue weighted by molar-refractivity contribution is 6.29. The van der Waals surface area contributed by atoms with E-state index in [1.165, 1.54) is 4.90 Å². The van der Waals surface area contributed by atoms with Gasteiger partial charge in [-0.1, -0.05) is 30.3 Å². The first kappa shape index (κ1) is 14.3. The number of hydrogen-bond donors (Lipinski definition) is 0. The van der Waals surface area contributed by atoms with Crippen molar-refractivity contribution >= 4 is 34.5 Å². The normalized spacial score (nSPS) is 16.3. The summed E-state index contributed by atoms with van der Waals surface area (Å²) in [6.07, 6.45) is 3.66. The number of hydrogen-bond acceptors (Lipinski definition) is 3. The van der Waals surface area contributed by atoms with E-state index < -0.39 is 0 Å². The summed E-state index contributed by atoms with van der Waals surface area (Å²) in [6, 6.07) is 18.7. The Bertz CT molecular complexity index is 977. The standard InChI is InChI=1S/C20H14N2O2/c23-19-13-16(20(24)22(19)17-6-2-1-3-7-17)12-14-8-9-18-15(11-14)5-4-10-21-18/h1-12H,13H2/b16-12+. The number of amides is 2. The topological polar surface area (TPSA) is 50.3 Å². The van der Waals surface area contributed by atoms with Crippen LogP contribution >= 0.6 is 0 Å². The Kier molecular flexibility index (Phi) is 3.43. The van der Waals surface area contributed by atoms with Crippen LogP contribution in [0.5, 0.6) is 0 Å². The summed E-state index contributed by atoms with van der Waals surface area (Å²) < 4.78 is 0. The van der Waals surface area contributed by atoms with Crippen molar-refractivity contribution in [1.82, 2.24) is 4.98 Å². The molecule has 0 aliphatic carbocycles. The molecule has 0 spiro atoms. The molecule has 1 aromatic heterocycles. The highest BCUT2D eigenvalue weighted by Gasteiger charge is 2.34. The summed E-state index contributed by atoms with van der Waals surface area (Å²) in [5.74, 6) is -0.447. The molecule has 2 amide bonds. The van der Waals surface area contributed by atoms with E-state index >= 15 is 0 Å². The lowest BCUT2D eigenvalue weighted by Crippen LogP contribution is -2.28. The van der Waals surface area contributed by atoms with Crippen molar-refractivity contribution in [1.29, 1.82) is 0 Å². The molecule has 2 aromatic carbocycles. The number of carbonyl (C=O) groups is 2. The average molecular weight is 314 g/mol. The number of para-hydroxylation sites is 1. The Morgan fingerprint density at radius 1 is 0.958 bits per heavy atom. The molecule has 4 heteroatoms. The lowest BCUT2D eigenvalue weighted by Gasteiger charge is -2.12. The fraction of sp³-hybridized carbons (Fsp3) is 0.0500. The third kappa shape index (κ3) is 2.48. The van der Waals surface area contributed by atoms with Gasteiger partial charge in [-0.3, -0.25) is 14.6 Å². The molecule has 0 bridgehead atoms. The van der Waals surface area contributed by atoms with Crippen LogP contribution in [0.2, 0.25) is 0 Å². The maximum Gasteiger partial charge on any atom is 0.261 e. The number of nitrogens with zero attached hydrogens (tertiary/aromatic N) is 2. The summed E-state index contributed by atoms with van der Waals surface area (Å²) in [5, 5.41) is 1.00. The van der Waals surface area contributed by atoms with E-state index in [1.807, 2.05) is 48.5 Å². The molecule has 116 valence electrons. The Labute approximate surface area is 139 Å². The zero-order valence-corrected chi connectivity index (χ0v) is 12.8. The molecule has 1 fully saturated rings. The number of pyridine rings is 1. The summed E-state index contributed by atoms with van der Waals surface area (Å²) in [6.45, 7) is 0. The van der Waals surface area contributed by atoms with Crippen LogP contribution in [-0.2, 0) is 9.59 Å². The molecule has 1 aliphatic heterocycles. The zero-order valence-electron chi connectivity index (χ0n) is 12.8. The predicted molar refractivity (Wildman–Crippen MR) is 93.3 cm³/mol. The molecule has 1 aliphatic rings. The number of benzene rings is 2. The van der Waals surface area contributed by atoms with Crippen LogP contribution in [0.3, 0.4) is 0 Å². The third-order valence-corrected chi connectivity index (χ3v) is 4.05. The fourth-order valence-corrected chi connectivity index (χ4v) is 2.91. The molecular formula is C20H14N2O2. The minimum atomic E-state index is -0.252. The second-order valence-electron chi connectivity index (χ2n) is 5.67. The molecule has 0 atom stereocenters. The van der Waals surface area contributed by atoms with Gasteiger partial charge in [0.05, 0.1) is 17.6 Å². The van der Waals surface area contributed by atoms with Crippen molar-refractivity contribution in [3.05, 3.63) is 78.0 Å². The van der Waals surface area contributed by atoms with Gasteiger partial charge < -0.3 is 0 Å². The number of fused-ring (bicyclic) bond motifs is 1. The number of imide groups is 1. The monoisotopic (exact) mass is 314 g/mol. The van der Waals surface area contributed by atoms with Crippen LogP contribution in [0.15, 0.2) is 72.4 Å². The molecule has 4 rings (SSSR count). The van der Waals surface area contributed by atoms with Gasteiger partial charge in [-0.2, -0.15) is 0 Å².